The largest absolute Gasteiger partial charge is 0.309 e. The van der Waals surface area contributed by atoms with Crippen LogP contribution in [0.3, 0.4) is 0 Å². The number of halogens is 1. The van der Waals surface area contributed by atoms with Crippen LogP contribution in [0.4, 0.5) is 0 Å². The molecular formula is C9H14ClN3. The fraction of sp³-hybridized carbons (Fsp3) is 0.556. The number of alkyl halides is 1. The molecule has 72 valence electrons. The Morgan fingerprint density at radius 1 is 1.31 bits per heavy atom. The molecule has 0 aromatic carbocycles. The maximum absolute atomic E-state index is 5.62. The first kappa shape index (κ1) is 10.4. The second-order valence-corrected chi connectivity index (χ2v) is 3.46. The Morgan fingerprint density at radius 2 is 1.92 bits per heavy atom. The molecule has 0 aliphatic rings. The van der Waals surface area contributed by atoms with E-state index >= 15 is 0 Å². The minimum atomic E-state index is 0.480. The highest BCUT2D eigenvalue weighted by molar-refractivity contribution is 6.17. The van der Waals surface area contributed by atoms with Gasteiger partial charge in [-0.05, 0) is 14.1 Å². The van der Waals surface area contributed by atoms with Crippen molar-refractivity contribution in [2.75, 3.05) is 20.6 Å². The molecule has 0 bridgehead atoms. The number of hydrogen-bond donors (Lipinski definition) is 0. The molecule has 0 amide bonds. The highest BCUT2D eigenvalue weighted by Crippen LogP contribution is 2.00. The smallest absolute Gasteiger partial charge is 0.129 e. The van der Waals surface area contributed by atoms with Crippen LogP contribution in [-0.2, 0) is 12.3 Å². The molecule has 1 rings (SSSR count). The lowest BCUT2D eigenvalue weighted by Gasteiger charge is -2.07. The molecule has 0 spiro atoms. The second kappa shape index (κ2) is 5.14. The van der Waals surface area contributed by atoms with Gasteiger partial charge in [-0.2, -0.15) is 0 Å². The van der Waals surface area contributed by atoms with E-state index in [0.29, 0.717) is 5.88 Å². The van der Waals surface area contributed by atoms with E-state index in [1.807, 2.05) is 14.1 Å². The first-order valence-electron chi connectivity index (χ1n) is 4.23. The van der Waals surface area contributed by atoms with Crippen LogP contribution in [0.25, 0.3) is 0 Å². The van der Waals surface area contributed by atoms with Crippen molar-refractivity contribution in [3.05, 3.63) is 23.8 Å². The summed E-state index contributed by atoms with van der Waals surface area (Å²) in [5.41, 5.74) is 0.968. The van der Waals surface area contributed by atoms with E-state index in [-0.39, 0.29) is 0 Å². The van der Waals surface area contributed by atoms with Crippen LogP contribution in [-0.4, -0.2) is 35.5 Å². The topological polar surface area (TPSA) is 29.0 Å². The summed E-state index contributed by atoms with van der Waals surface area (Å²) in [6, 6.07) is 0. The minimum Gasteiger partial charge on any atom is -0.309 e. The molecule has 0 saturated carbocycles. The molecule has 0 aliphatic heterocycles. The van der Waals surface area contributed by atoms with Crippen LogP contribution < -0.4 is 0 Å². The van der Waals surface area contributed by atoms with E-state index < -0.39 is 0 Å². The third-order valence-corrected chi connectivity index (χ3v) is 2.00. The lowest BCUT2D eigenvalue weighted by Crippen LogP contribution is -2.16. The van der Waals surface area contributed by atoms with Gasteiger partial charge in [0.2, 0.25) is 0 Å². The summed E-state index contributed by atoms with van der Waals surface area (Å²) in [6.45, 7) is 0.972. The predicted octanol–water partition coefficient (Wildman–Crippen LogP) is 1.32. The molecule has 3 nitrogen and oxygen atoms in total. The molecular weight excluding hydrogens is 186 g/mol. The average molecular weight is 200 g/mol. The van der Waals surface area contributed by atoms with Crippen molar-refractivity contribution in [3.8, 4) is 0 Å². The van der Waals surface area contributed by atoms with Gasteiger partial charge >= 0.3 is 0 Å². The van der Waals surface area contributed by atoms with E-state index in [1.165, 1.54) is 0 Å². The number of hydrogen-bond acceptors (Lipinski definition) is 3. The van der Waals surface area contributed by atoms with Crippen molar-refractivity contribution in [1.82, 2.24) is 14.9 Å². The maximum atomic E-state index is 5.62. The van der Waals surface area contributed by atoms with Crippen molar-refractivity contribution >= 4 is 11.6 Å². The quantitative estimate of drug-likeness (QED) is 0.685. The lowest BCUT2D eigenvalue weighted by molar-refractivity contribution is 0.409. The second-order valence-electron chi connectivity index (χ2n) is 3.19. The third kappa shape index (κ3) is 3.70. The number of rotatable bonds is 4. The van der Waals surface area contributed by atoms with E-state index in [0.717, 1.165) is 24.4 Å². The Hall–Kier alpha value is -0.670. The lowest BCUT2D eigenvalue weighted by atomic mass is 10.3. The van der Waals surface area contributed by atoms with Gasteiger partial charge in [0.15, 0.2) is 0 Å². The molecule has 0 N–H and O–H groups in total. The van der Waals surface area contributed by atoms with Crippen LogP contribution in [0.2, 0.25) is 0 Å². The molecule has 0 aliphatic carbocycles. The molecule has 1 aromatic rings. The summed E-state index contributed by atoms with van der Waals surface area (Å²) >= 11 is 5.62. The van der Waals surface area contributed by atoms with E-state index in [2.05, 4.69) is 14.9 Å². The van der Waals surface area contributed by atoms with Crippen molar-refractivity contribution in [2.45, 2.75) is 12.3 Å². The van der Waals surface area contributed by atoms with Crippen LogP contribution >= 0.6 is 11.6 Å². The van der Waals surface area contributed by atoms with Gasteiger partial charge in [0.05, 0.1) is 5.88 Å². The van der Waals surface area contributed by atoms with Crippen LogP contribution in [0.1, 0.15) is 11.4 Å². The van der Waals surface area contributed by atoms with Gasteiger partial charge in [0.1, 0.15) is 5.82 Å². The van der Waals surface area contributed by atoms with Gasteiger partial charge in [0.25, 0.3) is 0 Å². The van der Waals surface area contributed by atoms with Crippen LogP contribution in [0.5, 0.6) is 0 Å². The third-order valence-electron chi connectivity index (χ3n) is 1.70. The fourth-order valence-electron chi connectivity index (χ4n) is 0.903. The number of aromatic nitrogens is 2. The van der Waals surface area contributed by atoms with Gasteiger partial charge < -0.3 is 4.90 Å². The average Bonchev–Trinajstić information content (AvgIpc) is 2.15. The molecule has 1 heterocycles. The summed E-state index contributed by atoms with van der Waals surface area (Å²) in [7, 11) is 4.07. The number of nitrogens with zero attached hydrogens (tertiary/aromatic N) is 3. The summed E-state index contributed by atoms with van der Waals surface area (Å²) in [5.74, 6) is 1.36. The van der Waals surface area contributed by atoms with Gasteiger partial charge in [-0.1, -0.05) is 0 Å². The molecule has 4 heteroatoms. The first-order valence-corrected chi connectivity index (χ1v) is 4.76. The zero-order valence-corrected chi connectivity index (χ0v) is 8.75. The summed E-state index contributed by atoms with van der Waals surface area (Å²) in [6.07, 6.45) is 4.45. The first-order chi connectivity index (χ1) is 6.22. The Labute approximate surface area is 83.8 Å². The van der Waals surface area contributed by atoms with E-state index in [4.69, 9.17) is 11.6 Å². The molecule has 0 unspecified atom stereocenters. The molecule has 0 fully saturated rings. The maximum Gasteiger partial charge on any atom is 0.129 e. The Balaban J connectivity index is 2.49. The highest BCUT2D eigenvalue weighted by atomic mass is 35.5. The summed E-state index contributed by atoms with van der Waals surface area (Å²) < 4.78 is 0. The van der Waals surface area contributed by atoms with Crippen molar-refractivity contribution < 1.29 is 0 Å². The van der Waals surface area contributed by atoms with Crippen molar-refractivity contribution in [3.63, 3.8) is 0 Å². The zero-order valence-electron chi connectivity index (χ0n) is 8.00. The van der Waals surface area contributed by atoms with Crippen LogP contribution in [0, 0.1) is 0 Å². The Kier molecular flexibility index (Phi) is 4.12. The van der Waals surface area contributed by atoms with Crippen LogP contribution in [0.15, 0.2) is 12.4 Å². The molecule has 0 saturated heterocycles. The summed E-state index contributed by atoms with van der Waals surface area (Å²) in [5, 5.41) is 0. The Bertz CT molecular complexity index is 246. The van der Waals surface area contributed by atoms with Gasteiger partial charge in [0, 0.05) is 30.9 Å². The normalized spacial score (nSPS) is 10.8. The SMILES string of the molecule is CN(C)CCc1ncc(CCl)cn1. The highest BCUT2D eigenvalue weighted by Gasteiger charge is 1.97. The standard InChI is InChI=1S/C9H14ClN3/c1-13(2)4-3-9-11-6-8(5-10)7-12-9/h6-7H,3-5H2,1-2H3. The minimum absolute atomic E-state index is 0.480. The van der Waals surface area contributed by atoms with Gasteiger partial charge in [-0.3, -0.25) is 0 Å². The molecule has 1 aromatic heterocycles. The monoisotopic (exact) mass is 199 g/mol. The van der Waals surface area contributed by atoms with Crippen molar-refractivity contribution in [1.29, 1.82) is 0 Å². The molecule has 13 heavy (non-hydrogen) atoms. The zero-order chi connectivity index (χ0) is 9.68. The predicted molar refractivity (Wildman–Crippen MR) is 53.8 cm³/mol. The summed E-state index contributed by atoms with van der Waals surface area (Å²) in [4.78, 5) is 10.5. The fourth-order valence-corrected chi connectivity index (χ4v) is 1.04. The van der Waals surface area contributed by atoms with Crippen molar-refractivity contribution in [2.24, 2.45) is 0 Å². The molecule has 0 radical (unpaired) electrons. The number of likely N-dealkylation sites (N-methyl/N-ethyl adjacent to an activating group) is 1. The Morgan fingerprint density at radius 3 is 2.38 bits per heavy atom. The van der Waals surface area contributed by atoms with Gasteiger partial charge in [-0.15, -0.1) is 11.6 Å². The van der Waals surface area contributed by atoms with E-state index in [1.54, 1.807) is 12.4 Å². The van der Waals surface area contributed by atoms with Gasteiger partial charge in [-0.25, -0.2) is 9.97 Å². The molecule has 0 atom stereocenters. The van der Waals surface area contributed by atoms with E-state index in [9.17, 15) is 0 Å².